The molecule has 0 aromatic heterocycles. The van der Waals surface area contributed by atoms with Crippen molar-refractivity contribution in [1.29, 1.82) is 0 Å². The first-order chi connectivity index (χ1) is 8.73. The van der Waals surface area contributed by atoms with Gasteiger partial charge in [0.1, 0.15) is 0 Å². The molecule has 0 aliphatic rings. The van der Waals surface area contributed by atoms with Crippen LogP contribution in [-0.2, 0) is 9.84 Å². The normalized spacial score (nSPS) is 14.4. The second kappa shape index (κ2) is 6.27. The Morgan fingerprint density at radius 2 is 1.74 bits per heavy atom. The molecule has 0 spiro atoms. The molecule has 0 saturated heterocycles. The molecule has 0 amide bonds. The molecule has 19 heavy (non-hydrogen) atoms. The minimum absolute atomic E-state index is 0.119. The van der Waals surface area contributed by atoms with Gasteiger partial charge >= 0.3 is 0 Å². The number of hydrogen-bond acceptors (Lipinski definition) is 2. The summed E-state index contributed by atoms with van der Waals surface area (Å²) in [4.78, 5) is 0.352. The smallest absolute Gasteiger partial charge is 0.183 e. The third-order valence-corrected chi connectivity index (χ3v) is 6.93. The Balaban J connectivity index is 3.07. The lowest BCUT2D eigenvalue weighted by Gasteiger charge is -2.31. The number of rotatable bonds is 6. The molecule has 2 nitrogen and oxygen atoms in total. The van der Waals surface area contributed by atoms with Gasteiger partial charge in [0.15, 0.2) is 9.84 Å². The number of benzene rings is 1. The summed E-state index contributed by atoms with van der Waals surface area (Å²) in [6.45, 7) is 7.77. The fourth-order valence-corrected chi connectivity index (χ4v) is 3.92. The first-order valence-electron chi connectivity index (χ1n) is 6.73. The lowest BCUT2D eigenvalue weighted by atomic mass is 9.92. The maximum absolute atomic E-state index is 12.7. The van der Waals surface area contributed by atoms with Crippen LogP contribution in [0.5, 0.6) is 0 Å². The monoisotopic (exact) mass is 302 g/mol. The van der Waals surface area contributed by atoms with Crippen LogP contribution in [0.3, 0.4) is 0 Å². The average molecular weight is 303 g/mol. The molecule has 1 unspecified atom stereocenters. The molecular formula is C15H23ClO2S. The molecule has 1 aromatic rings. The highest BCUT2D eigenvalue weighted by Crippen LogP contribution is 2.35. The second-order valence-electron chi connectivity index (χ2n) is 5.60. The van der Waals surface area contributed by atoms with E-state index in [2.05, 4.69) is 6.92 Å². The van der Waals surface area contributed by atoms with E-state index in [1.54, 1.807) is 24.3 Å². The fraction of sp³-hybridized carbons (Fsp3) is 0.600. The highest BCUT2D eigenvalue weighted by molar-refractivity contribution is 7.92. The summed E-state index contributed by atoms with van der Waals surface area (Å²) in [5.41, 5.74) is 0. The third kappa shape index (κ3) is 3.51. The summed E-state index contributed by atoms with van der Waals surface area (Å²) >= 11 is 5.81. The molecule has 0 N–H and O–H groups in total. The molecule has 1 atom stereocenters. The van der Waals surface area contributed by atoms with Crippen LogP contribution in [0.1, 0.15) is 47.0 Å². The van der Waals surface area contributed by atoms with Gasteiger partial charge in [0.05, 0.1) is 9.64 Å². The zero-order valence-electron chi connectivity index (χ0n) is 12.1. The highest BCUT2D eigenvalue weighted by atomic mass is 35.5. The van der Waals surface area contributed by atoms with E-state index in [0.717, 1.165) is 19.3 Å². The zero-order valence-corrected chi connectivity index (χ0v) is 13.7. The SMILES string of the molecule is CCCCC(C)C(C)(C)S(=O)(=O)c1ccc(Cl)cc1. The number of unbranched alkanes of at least 4 members (excludes halogenated alkanes) is 1. The summed E-state index contributed by atoms with van der Waals surface area (Å²) < 4.78 is 24.7. The van der Waals surface area contributed by atoms with E-state index in [-0.39, 0.29) is 5.92 Å². The van der Waals surface area contributed by atoms with Gasteiger partial charge in [-0.15, -0.1) is 0 Å². The van der Waals surface area contributed by atoms with E-state index in [9.17, 15) is 8.42 Å². The Morgan fingerprint density at radius 3 is 2.21 bits per heavy atom. The zero-order chi connectivity index (χ0) is 14.7. The highest BCUT2D eigenvalue weighted by Gasteiger charge is 2.40. The second-order valence-corrected chi connectivity index (χ2v) is 8.57. The van der Waals surface area contributed by atoms with Crippen molar-refractivity contribution in [3.05, 3.63) is 29.3 Å². The molecule has 0 aliphatic carbocycles. The van der Waals surface area contributed by atoms with Crippen molar-refractivity contribution in [2.45, 2.75) is 56.6 Å². The van der Waals surface area contributed by atoms with Crippen LogP contribution in [0.2, 0.25) is 5.02 Å². The fourth-order valence-electron chi connectivity index (χ4n) is 2.04. The summed E-state index contributed by atoms with van der Waals surface area (Å²) in [6, 6.07) is 6.43. The topological polar surface area (TPSA) is 34.1 Å². The molecule has 0 heterocycles. The van der Waals surface area contributed by atoms with Gasteiger partial charge in [-0.2, -0.15) is 0 Å². The largest absolute Gasteiger partial charge is 0.223 e. The van der Waals surface area contributed by atoms with Crippen molar-refractivity contribution in [3.63, 3.8) is 0 Å². The van der Waals surface area contributed by atoms with Gasteiger partial charge in [-0.25, -0.2) is 8.42 Å². The van der Waals surface area contributed by atoms with Crippen LogP contribution in [0, 0.1) is 5.92 Å². The first kappa shape index (κ1) is 16.5. The van der Waals surface area contributed by atoms with Gasteiger partial charge in [-0.3, -0.25) is 0 Å². The maximum Gasteiger partial charge on any atom is 0.183 e. The average Bonchev–Trinajstić information content (AvgIpc) is 2.36. The van der Waals surface area contributed by atoms with E-state index < -0.39 is 14.6 Å². The Bertz CT molecular complexity index is 503. The molecule has 108 valence electrons. The van der Waals surface area contributed by atoms with E-state index in [1.165, 1.54) is 0 Å². The van der Waals surface area contributed by atoms with Crippen LogP contribution < -0.4 is 0 Å². The first-order valence-corrected chi connectivity index (χ1v) is 8.59. The van der Waals surface area contributed by atoms with Gasteiger partial charge in [-0.05, 0) is 50.5 Å². The molecular weight excluding hydrogens is 280 g/mol. The number of halogens is 1. The van der Waals surface area contributed by atoms with E-state index >= 15 is 0 Å². The predicted octanol–water partition coefficient (Wildman–Crippen LogP) is 4.72. The van der Waals surface area contributed by atoms with Crippen molar-refractivity contribution in [3.8, 4) is 0 Å². The Labute approximate surface area is 122 Å². The van der Waals surface area contributed by atoms with Crippen LogP contribution in [0.25, 0.3) is 0 Å². The van der Waals surface area contributed by atoms with Crippen LogP contribution in [0.15, 0.2) is 29.2 Å². The minimum Gasteiger partial charge on any atom is -0.223 e. The lowest BCUT2D eigenvalue weighted by molar-refractivity contribution is 0.390. The summed E-state index contributed by atoms with van der Waals surface area (Å²) in [5.74, 6) is 0.119. The Hall–Kier alpha value is -0.540. The Morgan fingerprint density at radius 1 is 1.21 bits per heavy atom. The Kier molecular flexibility index (Phi) is 5.45. The molecule has 1 aromatic carbocycles. The molecule has 0 aliphatic heterocycles. The summed E-state index contributed by atoms with van der Waals surface area (Å²) in [7, 11) is -3.34. The predicted molar refractivity (Wildman–Crippen MR) is 81.4 cm³/mol. The molecule has 0 bridgehead atoms. The number of sulfone groups is 1. The van der Waals surface area contributed by atoms with Gasteiger partial charge in [0.25, 0.3) is 0 Å². The molecule has 0 fully saturated rings. The molecule has 1 rings (SSSR count). The molecule has 0 saturated carbocycles. The van der Waals surface area contributed by atoms with Gasteiger partial charge < -0.3 is 0 Å². The lowest BCUT2D eigenvalue weighted by Crippen LogP contribution is -2.38. The number of hydrogen-bond donors (Lipinski definition) is 0. The maximum atomic E-state index is 12.7. The molecule has 0 radical (unpaired) electrons. The van der Waals surface area contributed by atoms with Crippen LogP contribution in [-0.4, -0.2) is 13.2 Å². The van der Waals surface area contributed by atoms with E-state index in [4.69, 9.17) is 11.6 Å². The summed E-state index contributed by atoms with van der Waals surface area (Å²) in [5, 5.41) is 0.552. The van der Waals surface area contributed by atoms with E-state index in [1.807, 2.05) is 20.8 Å². The van der Waals surface area contributed by atoms with Crippen molar-refractivity contribution < 1.29 is 8.42 Å². The molecule has 4 heteroatoms. The van der Waals surface area contributed by atoms with Crippen molar-refractivity contribution in [1.82, 2.24) is 0 Å². The van der Waals surface area contributed by atoms with Gasteiger partial charge in [-0.1, -0.05) is 38.3 Å². The van der Waals surface area contributed by atoms with Crippen LogP contribution in [0.4, 0.5) is 0 Å². The third-order valence-electron chi connectivity index (χ3n) is 3.99. The minimum atomic E-state index is -3.34. The standard InChI is InChI=1S/C15H23ClO2S/c1-5-6-7-12(2)15(3,4)19(17,18)14-10-8-13(16)9-11-14/h8-12H,5-7H2,1-4H3. The van der Waals surface area contributed by atoms with Crippen molar-refractivity contribution >= 4 is 21.4 Å². The van der Waals surface area contributed by atoms with E-state index in [0.29, 0.717) is 9.92 Å². The van der Waals surface area contributed by atoms with Crippen LogP contribution >= 0.6 is 11.6 Å². The van der Waals surface area contributed by atoms with Gasteiger partial charge in [0.2, 0.25) is 0 Å². The van der Waals surface area contributed by atoms with Gasteiger partial charge in [0, 0.05) is 5.02 Å². The quantitative estimate of drug-likeness (QED) is 0.762. The summed E-state index contributed by atoms with van der Waals surface area (Å²) in [6.07, 6.45) is 3.07. The van der Waals surface area contributed by atoms with Crippen molar-refractivity contribution in [2.24, 2.45) is 5.92 Å². The van der Waals surface area contributed by atoms with Crippen molar-refractivity contribution in [2.75, 3.05) is 0 Å².